The molecule has 1 fully saturated rings. The van der Waals surface area contributed by atoms with Crippen LogP contribution in [0.4, 0.5) is 4.39 Å². The van der Waals surface area contributed by atoms with Gasteiger partial charge in [0, 0.05) is 36.8 Å². The van der Waals surface area contributed by atoms with Crippen molar-refractivity contribution in [2.45, 2.75) is 25.6 Å². The summed E-state index contributed by atoms with van der Waals surface area (Å²) in [5.74, 6) is -0.880. The molecule has 2 N–H and O–H groups in total. The van der Waals surface area contributed by atoms with E-state index in [0.717, 1.165) is 5.56 Å². The van der Waals surface area contributed by atoms with E-state index in [1.54, 1.807) is 17.0 Å². The van der Waals surface area contributed by atoms with Crippen LogP contribution in [0.15, 0.2) is 48.5 Å². The summed E-state index contributed by atoms with van der Waals surface area (Å²) in [6.45, 7) is 1.54. The molecule has 1 aliphatic heterocycles. The summed E-state index contributed by atoms with van der Waals surface area (Å²) in [4.78, 5) is 26.5. The third kappa shape index (κ3) is 5.05. The van der Waals surface area contributed by atoms with E-state index < -0.39 is 11.9 Å². The number of hydrogen-bond acceptors (Lipinski definition) is 3. The maximum absolute atomic E-state index is 14.1. The third-order valence-electron chi connectivity index (χ3n) is 4.58. The first-order chi connectivity index (χ1) is 13.0. The summed E-state index contributed by atoms with van der Waals surface area (Å²) < 4.78 is 14.1. The lowest BCUT2D eigenvalue weighted by atomic mass is 10.1. The number of carbonyl (C=O) groups excluding carboxylic acids is 2. The molecule has 2 amide bonds. The van der Waals surface area contributed by atoms with E-state index in [2.05, 4.69) is 10.6 Å². The van der Waals surface area contributed by atoms with Crippen molar-refractivity contribution in [2.75, 3.05) is 13.1 Å². The zero-order valence-corrected chi connectivity index (χ0v) is 15.5. The number of nitrogens with one attached hydrogen (secondary N) is 2. The van der Waals surface area contributed by atoms with E-state index in [1.807, 2.05) is 30.3 Å². The highest BCUT2D eigenvalue weighted by atomic mass is 35.5. The fourth-order valence-corrected chi connectivity index (χ4v) is 3.33. The lowest BCUT2D eigenvalue weighted by Gasteiger charge is -2.35. The van der Waals surface area contributed by atoms with Crippen molar-refractivity contribution in [3.05, 3.63) is 70.5 Å². The molecule has 2 aromatic rings. The lowest BCUT2D eigenvalue weighted by Crippen LogP contribution is -2.56. The van der Waals surface area contributed by atoms with Crippen LogP contribution in [0.5, 0.6) is 0 Å². The van der Waals surface area contributed by atoms with Crippen LogP contribution in [0.1, 0.15) is 17.5 Å². The molecule has 5 nitrogen and oxygen atoms in total. The molecule has 2 aromatic carbocycles. The Labute approximate surface area is 162 Å². The molecule has 7 heteroatoms. The van der Waals surface area contributed by atoms with E-state index in [4.69, 9.17) is 11.6 Å². The molecule has 0 aliphatic carbocycles. The molecule has 27 heavy (non-hydrogen) atoms. The Balaban J connectivity index is 1.65. The number of carbonyl (C=O) groups is 2. The van der Waals surface area contributed by atoms with Crippen molar-refractivity contribution in [2.24, 2.45) is 0 Å². The Kier molecular flexibility index (Phi) is 6.42. The highest BCUT2D eigenvalue weighted by molar-refractivity contribution is 6.31. The van der Waals surface area contributed by atoms with Gasteiger partial charge in [0.2, 0.25) is 11.8 Å². The number of rotatable bonds is 6. The number of halogens is 2. The first-order valence-electron chi connectivity index (χ1n) is 8.80. The number of nitrogens with zero attached hydrogens (tertiary/aromatic N) is 1. The van der Waals surface area contributed by atoms with Crippen molar-refractivity contribution in [1.29, 1.82) is 0 Å². The van der Waals surface area contributed by atoms with Crippen LogP contribution in [0, 0.1) is 5.82 Å². The summed E-state index contributed by atoms with van der Waals surface area (Å²) in [6.07, 6.45) is 0.00470. The lowest BCUT2D eigenvalue weighted by molar-refractivity contribution is -0.134. The summed E-state index contributed by atoms with van der Waals surface area (Å²) in [5, 5.41) is 5.91. The molecule has 0 aromatic heterocycles. The maximum atomic E-state index is 14.1. The Morgan fingerprint density at radius 3 is 2.74 bits per heavy atom. The van der Waals surface area contributed by atoms with Crippen molar-refractivity contribution in [3.8, 4) is 0 Å². The van der Waals surface area contributed by atoms with Gasteiger partial charge in [-0.05, 0) is 17.7 Å². The quantitative estimate of drug-likeness (QED) is 0.798. The molecule has 0 saturated carbocycles. The van der Waals surface area contributed by atoms with E-state index in [1.165, 1.54) is 6.07 Å². The van der Waals surface area contributed by atoms with Crippen LogP contribution >= 0.6 is 11.6 Å². The number of hydrogen-bond donors (Lipinski definition) is 2. The van der Waals surface area contributed by atoms with Crippen molar-refractivity contribution in [3.63, 3.8) is 0 Å². The van der Waals surface area contributed by atoms with E-state index in [9.17, 15) is 14.0 Å². The molecule has 1 atom stereocenters. The molecule has 1 heterocycles. The molecular weight excluding hydrogens is 369 g/mol. The number of piperazine rings is 1. The van der Waals surface area contributed by atoms with Gasteiger partial charge in [-0.1, -0.05) is 48.0 Å². The van der Waals surface area contributed by atoms with E-state index in [0.29, 0.717) is 30.2 Å². The molecule has 0 unspecified atom stereocenters. The van der Waals surface area contributed by atoms with Gasteiger partial charge < -0.3 is 10.6 Å². The molecule has 1 saturated heterocycles. The second-order valence-electron chi connectivity index (χ2n) is 6.44. The molecule has 0 radical (unpaired) electrons. The summed E-state index contributed by atoms with van der Waals surface area (Å²) in [7, 11) is 0. The zero-order valence-electron chi connectivity index (χ0n) is 14.8. The van der Waals surface area contributed by atoms with Crippen LogP contribution in [0.3, 0.4) is 0 Å². The van der Waals surface area contributed by atoms with Gasteiger partial charge in [0.1, 0.15) is 5.82 Å². The monoisotopic (exact) mass is 389 g/mol. The van der Waals surface area contributed by atoms with Gasteiger partial charge >= 0.3 is 0 Å². The average Bonchev–Trinajstić information content (AvgIpc) is 2.66. The zero-order chi connectivity index (χ0) is 19.2. The summed E-state index contributed by atoms with van der Waals surface area (Å²) >= 11 is 6.11. The number of benzene rings is 2. The smallest absolute Gasteiger partial charge is 0.237 e. The van der Waals surface area contributed by atoms with Crippen LogP contribution in [0.25, 0.3) is 0 Å². The normalized spacial score (nSPS) is 17.4. The van der Waals surface area contributed by atoms with Gasteiger partial charge in [-0.3, -0.25) is 14.5 Å². The van der Waals surface area contributed by atoms with Crippen LogP contribution < -0.4 is 10.6 Å². The van der Waals surface area contributed by atoms with Crippen molar-refractivity contribution in [1.82, 2.24) is 15.5 Å². The van der Waals surface area contributed by atoms with Gasteiger partial charge in [0.05, 0.1) is 12.5 Å². The predicted octanol–water partition coefficient (Wildman–Crippen LogP) is 2.49. The molecule has 1 aliphatic rings. The SMILES string of the molecule is O=C(C[C@H]1C(=O)NCCN1Cc1c(F)cccc1Cl)NCc1ccccc1. The molecule has 0 bridgehead atoms. The summed E-state index contributed by atoms with van der Waals surface area (Å²) in [5.41, 5.74) is 1.32. The Morgan fingerprint density at radius 1 is 1.22 bits per heavy atom. The van der Waals surface area contributed by atoms with Gasteiger partial charge in [0.25, 0.3) is 0 Å². The minimum atomic E-state index is -0.662. The van der Waals surface area contributed by atoms with Crippen LogP contribution in [-0.2, 0) is 22.7 Å². The van der Waals surface area contributed by atoms with Gasteiger partial charge in [-0.15, -0.1) is 0 Å². The third-order valence-corrected chi connectivity index (χ3v) is 4.93. The second-order valence-corrected chi connectivity index (χ2v) is 6.85. The highest BCUT2D eigenvalue weighted by Gasteiger charge is 2.32. The van der Waals surface area contributed by atoms with Gasteiger partial charge in [-0.25, -0.2) is 4.39 Å². The van der Waals surface area contributed by atoms with Gasteiger partial charge in [0.15, 0.2) is 0 Å². The second kappa shape index (κ2) is 8.97. The van der Waals surface area contributed by atoms with Crippen LogP contribution in [-0.4, -0.2) is 35.8 Å². The largest absolute Gasteiger partial charge is 0.353 e. The van der Waals surface area contributed by atoms with Crippen LogP contribution in [0.2, 0.25) is 5.02 Å². The molecule has 3 rings (SSSR count). The topological polar surface area (TPSA) is 61.4 Å². The average molecular weight is 390 g/mol. The fraction of sp³-hybridized carbons (Fsp3) is 0.300. The Bertz CT molecular complexity index is 796. The fourth-order valence-electron chi connectivity index (χ4n) is 3.10. The van der Waals surface area contributed by atoms with E-state index >= 15 is 0 Å². The maximum Gasteiger partial charge on any atom is 0.237 e. The standard InChI is InChI=1S/C20H21ClFN3O2/c21-16-7-4-8-17(22)15(16)13-25-10-9-23-20(27)18(25)11-19(26)24-12-14-5-2-1-3-6-14/h1-8,18H,9-13H2,(H,23,27)(H,24,26)/t18-/m0/s1. The molecule has 142 valence electrons. The van der Waals surface area contributed by atoms with Crippen molar-refractivity contribution >= 4 is 23.4 Å². The van der Waals surface area contributed by atoms with Gasteiger partial charge in [-0.2, -0.15) is 0 Å². The first-order valence-corrected chi connectivity index (χ1v) is 9.17. The van der Waals surface area contributed by atoms with Crippen molar-refractivity contribution < 1.29 is 14.0 Å². The minimum Gasteiger partial charge on any atom is -0.353 e. The predicted molar refractivity (Wildman–Crippen MR) is 102 cm³/mol. The Hall–Kier alpha value is -2.44. The molecular formula is C20H21ClFN3O2. The van der Waals surface area contributed by atoms with E-state index in [-0.39, 0.29) is 24.8 Å². The summed E-state index contributed by atoms with van der Waals surface area (Å²) in [6, 6.07) is 13.4. The number of amides is 2. The highest BCUT2D eigenvalue weighted by Crippen LogP contribution is 2.23. The molecule has 0 spiro atoms. The first kappa shape index (κ1) is 19.3. The Morgan fingerprint density at radius 2 is 2.00 bits per heavy atom. The minimum absolute atomic E-state index is 0.00470.